The lowest BCUT2D eigenvalue weighted by molar-refractivity contribution is 0.0941. The summed E-state index contributed by atoms with van der Waals surface area (Å²) in [7, 11) is 0. The first-order valence-electron chi connectivity index (χ1n) is 6.55. The number of aromatic nitrogens is 1. The fraction of sp³-hybridized carbons (Fsp3) is 0.538. The van der Waals surface area contributed by atoms with Crippen molar-refractivity contribution in [1.29, 1.82) is 0 Å². The molecule has 0 aliphatic carbocycles. The van der Waals surface area contributed by atoms with Crippen LogP contribution in [-0.2, 0) is 0 Å². The molecule has 2 rings (SSSR count). The molecule has 6 heteroatoms. The lowest BCUT2D eigenvalue weighted by Crippen LogP contribution is -2.40. The quantitative estimate of drug-likeness (QED) is 0.879. The van der Waals surface area contributed by atoms with Crippen LogP contribution in [0.1, 0.15) is 30.1 Å². The summed E-state index contributed by atoms with van der Waals surface area (Å²) in [4.78, 5) is 18.3. The van der Waals surface area contributed by atoms with E-state index in [0.717, 1.165) is 19.5 Å². The van der Waals surface area contributed by atoms with Crippen molar-refractivity contribution in [2.75, 3.05) is 25.4 Å². The molecule has 5 nitrogen and oxygen atoms in total. The number of nitrogens with two attached hydrogens (primary N) is 1. The van der Waals surface area contributed by atoms with E-state index < -0.39 is 0 Å². The van der Waals surface area contributed by atoms with E-state index in [0.29, 0.717) is 29.0 Å². The van der Waals surface area contributed by atoms with Crippen LogP contribution in [0.2, 0.25) is 5.02 Å². The van der Waals surface area contributed by atoms with Gasteiger partial charge in [-0.3, -0.25) is 9.69 Å². The zero-order valence-corrected chi connectivity index (χ0v) is 11.8. The minimum Gasteiger partial charge on any atom is -0.384 e. The van der Waals surface area contributed by atoms with Crippen LogP contribution in [-0.4, -0.2) is 41.5 Å². The Kier molecular flexibility index (Phi) is 4.61. The van der Waals surface area contributed by atoms with Crippen molar-refractivity contribution in [2.24, 2.45) is 0 Å². The maximum atomic E-state index is 12.1. The lowest BCUT2D eigenvalue weighted by atomic mass is 10.2. The van der Waals surface area contributed by atoms with Gasteiger partial charge in [-0.1, -0.05) is 18.5 Å². The largest absolute Gasteiger partial charge is 0.384 e. The van der Waals surface area contributed by atoms with Gasteiger partial charge in [0.05, 0.1) is 10.6 Å². The average Bonchev–Trinajstić information content (AvgIpc) is 2.86. The molecule has 2 heterocycles. The molecule has 19 heavy (non-hydrogen) atoms. The number of likely N-dealkylation sites (tertiary alicyclic amines) is 1. The van der Waals surface area contributed by atoms with Gasteiger partial charge < -0.3 is 11.1 Å². The molecule has 1 aliphatic heterocycles. The van der Waals surface area contributed by atoms with Gasteiger partial charge >= 0.3 is 0 Å². The number of hydrogen-bond donors (Lipinski definition) is 2. The molecule has 1 amide bonds. The van der Waals surface area contributed by atoms with Gasteiger partial charge in [0.15, 0.2) is 0 Å². The van der Waals surface area contributed by atoms with Gasteiger partial charge in [0.25, 0.3) is 5.91 Å². The fourth-order valence-corrected chi connectivity index (χ4v) is 2.67. The number of hydrogen-bond acceptors (Lipinski definition) is 4. The van der Waals surface area contributed by atoms with Gasteiger partial charge in [0.2, 0.25) is 0 Å². The number of anilines is 1. The van der Waals surface area contributed by atoms with Crippen molar-refractivity contribution >= 4 is 23.3 Å². The van der Waals surface area contributed by atoms with Crippen LogP contribution >= 0.6 is 11.6 Å². The molecule has 1 unspecified atom stereocenters. The van der Waals surface area contributed by atoms with Gasteiger partial charge in [0.1, 0.15) is 5.82 Å². The van der Waals surface area contributed by atoms with Crippen LogP contribution in [0.25, 0.3) is 0 Å². The third-order valence-corrected chi connectivity index (χ3v) is 3.83. The second-order valence-electron chi connectivity index (χ2n) is 4.72. The van der Waals surface area contributed by atoms with E-state index in [1.54, 1.807) is 0 Å². The Labute approximate surface area is 118 Å². The standard InChI is InChI=1S/C13H19ClN4O/c1-2-18-5-3-4-9(18)7-17-13(19)10-6-12(15)16-8-11(10)14/h6,8-9H,2-5,7H2,1H3,(H2,15,16)(H,17,19). The molecule has 0 radical (unpaired) electrons. The van der Waals surface area contributed by atoms with E-state index in [1.807, 2.05) is 0 Å². The van der Waals surface area contributed by atoms with E-state index in [1.165, 1.54) is 18.7 Å². The van der Waals surface area contributed by atoms with Crippen LogP contribution in [0.4, 0.5) is 5.82 Å². The highest BCUT2D eigenvalue weighted by Gasteiger charge is 2.23. The van der Waals surface area contributed by atoms with Crippen LogP contribution in [0.15, 0.2) is 12.3 Å². The molecule has 0 bridgehead atoms. The number of amides is 1. The number of likely N-dealkylation sites (N-methyl/N-ethyl adjacent to an activating group) is 1. The molecule has 0 spiro atoms. The van der Waals surface area contributed by atoms with Crippen molar-refractivity contribution in [3.05, 3.63) is 22.8 Å². The first-order chi connectivity index (χ1) is 9.11. The normalized spacial score (nSPS) is 19.6. The number of halogens is 1. The predicted molar refractivity (Wildman–Crippen MR) is 76.3 cm³/mol. The summed E-state index contributed by atoms with van der Waals surface area (Å²) in [6.07, 6.45) is 3.72. The predicted octanol–water partition coefficient (Wildman–Crippen LogP) is 1.53. The van der Waals surface area contributed by atoms with Crippen molar-refractivity contribution < 1.29 is 4.79 Å². The van der Waals surface area contributed by atoms with E-state index >= 15 is 0 Å². The Hall–Kier alpha value is -1.33. The summed E-state index contributed by atoms with van der Waals surface area (Å²) in [6.45, 7) is 4.91. The summed E-state index contributed by atoms with van der Waals surface area (Å²) in [5, 5.41) is 3.25. The van der Waals surface area contributed by atoms with Crippen molar-refractivity contribution in [3.8, 4) is 0 Å². The lowest BCUT2D eigenvalue weighted by Gasteiger charge is -2.22. The molecule has 1 saturated heterocycles. The molecule has 1 aromatic heterocycles. The molecule has 104 valence electrons. The molecule has 0 saturated carbocycles. The number of nitrogens with one attached hydrogen (secondary N) is 1. The van der Waals surface area contributed by atoms with E-state index in [2.05, 4.69) is 22.1 Å². The first-order valence-corrected chi connectivity index (χ1v) is 6.93. The summed E-state index contributed by atoms with van der Waals surface area (Å²) < 4.78 is 0. The molecule has 0 aromatic carbocycles. The molecule has 1 aromatic rings. The Balaban J connectivity index is 1.96. The summed E-state index contributed by atoms with van der Waals surface area (Å²) in [6, 6.07) is 1.93. The summed E-state index contributed by atoms with van der Waals surface area (Å²) in [5.74, 6) is 0.104. The molecule has 1 aliphatic rings. The molecule has 1 fully saturated rings. The number of carbonyl (C=O) groups excluding carboxylic acids is 1. The Morgan fingerprint density at radius 3 is 3.21 bits per heavy atom. The van der Waals surface area contributed by atoms with E-state index in [4.69, 9.17) is 17.3 Å². The third-order valence-electron chi connectivity index (χ3n) is 3.52. The second kappa shape index (κ2) is 6.21. The van der Waals surface area contributed by atoms with Crippen LogP contribution in [0.5, 0.6) is 0 Å². The third kappa shape index (κ3) is 3.36. The van der Waals surface area contributed by atoms with Gasteiger partial charge in [-0.15, -0.1) is 0 Å². The number of nitrogens with zero attached hydrogens (tertiary/aromatic N) is 2. The number of pyridine rings is 1. The highest BCUT2D eigenvalue weighted by atomic mass is 35.5. The summed E-state index contributed by atoms with van der Waals surface area (Å²) in [5.41, 5.74) is 5.95. The minimum atomic E-state index is -0.193. The Morgan fingerprint density at radius 1 is 1.68 bits per heavy atom. The van der Waals surface area contributed by atoms with Crippen molar-refractivity contribution in [1.82, 2.24) is 15.2 Å². The SMILES string of the molecule is CCN1CCCC1CNC(=O)c1cc(N)ncc1Cl. The Morgan fingerprint density at radius 2 is 2.47 bits per heavy atom. The minimum absolute atomic E-state index is 0.193. The zero-order chi connectivity index (χ0) is 13.8. The van der Waals surface area contributed by atoms with Gasteiger partial charge in [0, 0.05) is 18.8 Å². The molecular weight excluding hydrogens is 264 g/mol. The highest BCUT2D eigenvalue weighted by Crippen LogP contribution is 2.18. The highest BCUT2D eigenvalue weighted by molar-refractivity contribution is 6.33. The van der Waals surface area contributed by atoms with Crippen molar-refractivity contribution in [2.45, 2.75) is 25.8 Å². The molecular formula is C13H19ClN4O. The van der Waals surface area contributed by atoms with E-state index in [9.17, 15) is 4.79 Å². The van der Waals surface area contributed by atoms with E-state index in [-0.39, 0.29) is 5.91 Å². The van der Waals surface area contributed by atoms with Crippen LogP contribution in [0.3, 0.4) is 0 Å². The smallest absolute Gasteiger partial charge is 0.253 e. The topological polar surface area (TPSA) is 71.2 Å². The zero-order valence-electron chi connectivity index (χ0n) is 11.0. The van der Waals surface area contributed by atoms with Gasteiger partial charge in [-0.2, -0.15) is 0 Å². The number of nitrogen functional groups attached to an aromatic ring is 1. The second-order valence-corrected chi connectivity index (χ2v) is 5.13. The first kappa shape index (κ1) is 14.1. The van der Waals surface area contributed by atoms with Crippen molar-refractivity contribution in [3.63, 3.8) is 0 Å². The molecule has 1 atom stereocenters. The fourth-order valence-electron chi connectivity index (χ4n) is 2.48. The van der Waals surface area contributed by atoms with Gasteiger partial charge in [-0.25, -0.2) is 4.98 Å². The van der Waals surface area contributed by atoms with Gasteiger partial charge in [-0.05, 0) is 32.0 Å². The van der Waals surface area contributed by atoms with Crippen LogP contribution in [0, 0.1) is 0 Å². The monoisotopic (exact) mass is 282 g/mol. The molecule has 3 N–H and O–H groups in total. The Bertz CT molecular complexity index is 466. The maximum Gasteiger partial charge on any atom is 0.253 e. The van der Waals surface area contributed by atoms with Crippen LogP contribution < -0.4 is 11.1 Å². The number of rotatable bonds is 4. The maximum absolute atomic E-state index is 12.1. The summed E-state index contributed by atoms with van der Waals surface area (Å²) >= 11 is 5.95. The average molecular weight is 283 g/mol. The number of carbonyl (C=O) groups is 1.